The number of hydrogen-bond donors (Lipinski definition) is 0. The highest BCUT2D eigenvalue weighted by atomic mass is 15.0. The molecule has 3 heterocycles. The van der Waals surface area contributed by atoms with Gasteiger partial charge in [-0.25, -0.2) is 0 Å². The average Bonchev–Trinajstić information content (AvgIpc) is 3.95. The van der Waals surface area contributed by atoms with Gasteiger partial charge in [0.1, 0.15) is 0 Å². The summed E-state index contributed by atoms with van der Waals surface area (Å²) in [7, 11) is 0. The molecule has 0 unspecified atom stereocenters. The third-order valence-electron chi connectivity index (χ3n) is 7.95. The lowest BCUT2D eigenvalue weighted by Crippen LogP contribution is -1.96. The summed E-state index contributed by atoms with van der Waals surface area (Å²) in [4.78, 5) is 0. The number of para-hydroxylation sites is 5. The zero-order valence-electron chi connectivity index (χ0n) is 42.0. The Morgan fingerprint density at radius 1 is 0.311 bits per heavy atom. The summed E-state index contributed by atoms with van der Waals surface area (Å²) >= 11 is 0. The summed E-state index contributed by atoms with van der Waals surface area (Å²) in [5.41, 5.74) is -1.63. The van der Waals surface area contributed by atoms with E-state index in [1.165, 1.54) is 45.5 Å². The lowest BCUT2D eigenvalue weighted by molar-refractivity contribution is 1.16. The molecule has 10 aromatic rings. The Kier molecular flexibility index (Phi) is 2.56. The smallest absolute Gasteiger partial charge is 0.0668 e. The van der Waals surface area contributed by atoms with E-state index >= 15 is 0 Å². The van der Waals surface area contributed by atoms with Crippen molar-refractivity contribution in [2.45, 2.75) is 0 Å². The molecule has 45 heavy (non-hydrogen) atoms. The number of hydrogen-bond acceptors (Lipinski definition) is 0. The molecule has 0 spiro atoms. The van der Waals surface area contributed by atoms with Crippen molar-refractivity contribution in [3.63, 3.8) is 0 Å². The predicted molar refractivity (Wildman–Crippen MR) is 189 cm³/mol. The van der Waals surface area contributed by atoms with Gasteiger partial charge in [0.2, 0.25) is 0 Å². The van der Waals surface area contributed by atoms with E-state index in [1.807, 2.05) is 0 Å². The first-order valence-corrected chi connectivity index (χ1v) is 13.9. The second kappa shape index (κ2) is 9.22. The van der Waals surface area contributed by atoms with Crippen molar-refractivity contribution in [3.05, 3.63) is 163 Å². The van der Waals surface area contributed by atoms with Gasteiger partial charge in [0.25, 0.3) is 0 Å². The molecule has 0 aliphatic rings. The van der Waals surface area contributed by atoms with Crippen molar-refractivity contribution < 1.29 is 26.0 Å². The van der Waals surface area contributed by atoms with Gasteiger partial charge in [0.15, 0.2) is 0 Å². The average molecular weight is 593 g/mol. The molecule has 3 heteroatoms. The fourth-order valence-electron chi connectivity index (χ4n) is 6.10. The molecule has 0 saturated heterocycles. The SMILES string of the molecule is [2H]c1ccc(-n2c3c([2H])c([2H])c([2H])c([2H])c3c3c([2H])c4c5c([2H])c(-n6c7c([2H])c([2H])c([2H])c([2H])c7c7c([2H])c([2H])c([2H])c([2H])c76)c([2H])c([2H])c5n(-c5ccccc5[2H])c4c([2H])c32)cc1. The largest absolute Gasteiger partial charge is 0.309 e. The second-order valence-electron chi connectivity index (χ2n) is 10.3. The molecule has 0 saturated carbocycles. The fraction of sp³-hybridized carbons (Fsp3) is 0. The van der Waals surface area contributed by atoms with Crippen molar-refractivity contribution >= 4 is 65.4 Å². The van der Waals surface area contributed by atoms with Crippen LogP contribution < -0.4 is 0 Å². The Balaban J connectivity index is 1.54. The Morgan fingerprint density at radius 3 is 1.49 bits per heavy atom. The molecular formula is C42H27N3. The van der Waals surface area contributed by atoms with Gasteiger partial charge in [0.05, 0.1) is 59.1 Å². The van der Waals surface area contributed by atoms with Gasteiger partial charge in [-0.3, -0.25) is 0 Å². The fourth-order valence-corrected chi connectivity index (χ4v) is 6.10. The van der Waals surface area contributed by atoms with Gasteiger partial charge in [0, 0.05) is 49.4 Å². The van der Waals surface area contributed by atoms with Crippen LogP contribution in [0.2, 0.25) is 0 Å². The lowest BCUT2D eigenvalue weighted by atomic mass is 10.1. The normalized spacial score (nSPS) is 17.9. The Bertz CT molecular complexity index is 3750. The van der Waals surface area contributed by atoms with Crippen LogP contribution in [0, 0.1) is 0 Å². The molecule has 0 atom stereocenters. The van der Waals surface area contributed by atoms with Crippen molar-refractivity contribution in [3.8, 4) is 17.1 Å². The number of aromatic nitrogens is 3. The maximum atomic E-state index is 10.0. The Morgan fingerprint density at radius 2 is 0.822 bits per heavy atom. The summed E-state index contributed by atoms with van der Waals surface area (Å²) in [6.45, 7) is 0. The quantitative estimate of drug-likeness (QED) is 0.194. The molecule has 0 bridgehead atoms. The van der Waals surface area contributed by atoms with Crippen LogP contribution in [-0.4, -0.2) is 13.7 Å². The molecular weight excluding hydrogens is 546 g/mol. The van der Waals surface area contributed by atoms with E-state index in [2.05, 4.69) is 0 Å². The number of benzene rings is 7. The van der Waals surface area contributed by atoms with Crippen LogP contribution in [0.3, 0.4) is 0 Å². The van der Waals surface area contributed by atoms with E-state index in [-0.39, 0.29) is 77.8 Å². The van der Waals surface area contributed by atoms with Crippen molar-refractivity contribution in [1.29, 1.82) is 0 Å². The molecule has 0 N–H and O–H groups in total. The van der Waals surface area contributed by atoms with Gasteiger partial charge >= 0.3 is 0 Å². The first kappa shape index (κ1) is 12.5. The molecule has 3 aromatic heterocycles. The van der Waals surface area contributed by atoms with Crippen molar-refractivity contribution in [2.75, 3.05) is 0 Å². The van der Waals surface area contributed by atoms with E-state index in [1.54, 1.807) is 12.1 Å². The highest BCUT2D eigenvalue weighted by molar-refractivity contribution is 6.19. The highest BCUT2D eigenvalue weighted by Gasteiger charge is 2.20. The molecule has 3 nitrogen and oxygen atoms in total. The van der Waals surface area contributed by atoms with E-state index < -0.39 is 119 Å². The van der Waals surface area contributed by atoms with Crippen LogP contribution in [0.15, 0.2) is 163 Å². The zero-order chi connectivity index (χ0) is 46.0. The summed E-state index contributed by atoms with van der Waals surface area (Å²) in [5, 5.41) is -1.45. The summed E-state index contributed by atoms with van der Waals surface area (Å²) < 4.78 is 176. The monoisotopic (exact) mass is 592 g/mol. The van der Waals surface area contributed by atoms with Gasteiger partial charge in [-0.15, -0.1) is 0 Å². The van der Waals surface area contributed by atoms with Crippen LogP contribution in [0.4, 0.5) is 0 Å². The van der Waals surface area contributed by atoms with Gasteiger partial charge in [-0.2, -0.15) is 0 Å². The van der Waals surface area contributed by atoms with Gasteiger partial charge in [-0.05, 0) is 72.6 Å². The Hall–Kier alpha value is -6.06. The van der Waals surface area contributed by atoms with E-state index in [0.717, 1.165) is 4.57 Å². The molecule has 0 amide bonds. The summed E-state index contributed by atoms with van der Waals surface area (Å²) in [6.07, 6.45) is 0. The van der Waals surface area contributed by atoms with Crippen LogP contribution in [0.1, 0.15) is 26.0 Å². The highest BCUT2D eigenvalue weighted by Crippen LogP contribution is 2.41. The summed E-state index contributed by atoms with van der Waals surface area (Å²) in [5.74, 6) is 0. The third kappa shape index (κ3) is 3.41. The second-order valence-corrected chi connectivity index (χ2v) is 10.3. The van der Waals surface area contributed by atoms with Crippen LogP contribution in [0.25, 0.3) is 82.5 Å². The Labute approximate surface area is 286 Å². The van der Waals surface area contributed by atoms with Crippen LogP contribution >= 0.6 is 0 Å². The molecule has 0 aliphatic heterocycles. The molecule has 0 fully saturated rings. The van der Waals surface area contributed by atoms with Crippen molar-refractivity contribution in [2.24, 2.45) is 0 Å². The first-order chi connectivity index (χ1) is 30.3. The topological polar surface area (TPSA) is 14.8 Å². The minimum Gasteiger partial charge on any atom is -0.309 e. The zero-order valence-corrected chi connectivity index (χ0v) is 23.0. The van der Waals surface area contributed by atoms with Gasteiger partial charge in [-0.1, -0.05) is 90.8 Å². The maximum absolute atomic E-state index is 10.0. The van der Waals surface area contributed by atoms with E-state index in [0.29, 0.717) is 0 Å². The molecule has 210 valence electrons. The lowest BCUT2D eigenvalue weighted by Gasteiger charge is -2.10. The number of fused-ring (bicyclic) bond motifs is 9. The van der Waals surface area contributed by atoms with E-state index in [4.69, 9.17) is 19.2 Å². The standard InChI is InChI=1S/C42H27N3/c1-3-13-28(14-4-1)43-39-22-12-9-19-33(39)35-26-36-34-25-30(45-37-20-10-7-17-31(37)32-18-8-11-21-38(32)45)23-24-40(34)44(42(36)27-41(35)43)29-15-5-2-6-16-29/h1-27H/i1D,7D,8D,9D,10D,11D,12D,15D,17D,18D,19D,20D,21D,22D,23D,24D,25D,26D,27D. The van der Waals surface area contributed by atoms with Crippen LogP contribution in [-0.2, 0) is 0 Å². The molecule has 0 aliphatic carbocycles. The minimum absolute atomic E-state index is 0.0559. The molecule has 10 rings (SSSR count). The van der Waals surface area contributed by atoms with Crippen LogP contribution in [0.5, 0.6) is 0 Å². The number of nitrogens with zero attached hydrogens (tertiary/aromatic N) is 3. The van der Waals surface area contributed by atoms with Gasteiger partial charge < -0.3 is 13.7 Å². The molecule has 0 radical (unpaired) electrons. The van der Waals surface area contributed by atoms with E-state index in [9.17, 15) is 6.85 Å². The summed E-state index contributed by atoms with van der Waals surface area (Å²) in [6, 6.07) is 1.12. The number of rotatable bonds is 3. The molecule has 7 aromatic carbocycles. The first-order valence-electron chi connectivity index (χ1n) is 23.4. The maximum Gasteiger partial charge on any atom is 0.0668 e. The van der Waals surface area contributed by atoms with Crippen molar-refractivity contribution in [1.82, 2.24) is 13.7 Å². The third-order valence-corrected chi connectivity index (χ3v) is 7.95. The predicted octanol–water partition coefficient (Wildman–Crippen LogP) is 11.0. The minimum atomic E-state index is -0.751.